The molecule has 5 nitrogen and oxygen atoms in total. The minimum Gasteiger partial charge on any atom is -0.494 e. The first-order valence-electron chi connectivity index (χ1n) is 8.14. The molecule has 128 valence electrons. The van der Waals surface area contributed by atoms with Crippen LogP contribution in [0.1, 0.15) is 22.5 Å². The number of carbonyl (C=O) groups excluding carboxylic acids is 1. The van der Waals surface area contributed by atoms with Gasteiger partial charge < -0.3 is 14.5 Å². The molecule has 0 fully saturated rings. The maximum atomic E-state index is 12.2. The molecular weight excluding hydrogens is 318 g/mol. The van der Waals surface area contributed by atoms with E-state index in [1.54, 1.807) is 12.1 Å². The van der Waals surface area contributed by atoms with Gasteiger partial charge in [0.25, 0.3) is 5.91 Å². The van der Waals surface area contributed by atoms with Crippen molar-refractivity contribution in [2.75, 3.05) is 13.2 Å². The quantitative estimate of drug-likeness (QED) is 0.701. The Balaban J connectivity index is 1.55. The second kappa shape index (κ2) is 7.66. The van der Waals surface area contributed by atoms with Crippen LogP contribution in [0.2, 0.25) is 0 Å². The van der Waals surface area contributed by atoms with Gasteiger partial charge in [-0.05, 0) is 37.6 Å². The monoisotopic (exact) mass is 337 g/mol. The van der Waals surface area contributed by atoms with Crippen LogP contribution < -0.4 is 15.5 Å². The van der Waals surface area contributed by atoms with Crippen LogP contribution in [-0.2, 0) is 0 Å². The lowest BCUT2D eigenvalue weighted by Gasteiger charge is -2.07. The van der Waals surface area contributed by atoms with Crippen LogP contribution in [0.5, 0.6) is 5.75 Å². The Morgan fingerprint density at radius 3 is 2.72 bits per heavy atom. The fourth-order valence-corrected chi connectivity index (χ4v) is 2.45. The van der Waals surface area contributed by atoms with Gasteiger partial charge in [-0.25, -0.2) is 0 Å². The number of hydrogen-bond acceptors (Lipinski definition) is 4. The van der Waals surface area contributed by atoms with Crippen molar-refractivity contribution in [3.63, 3.8) is 0 Å². The van der Waals surface area contributed by atoms with E-state index in [1.165, 1.54) is 6.07 Å². The van der Waals surface area contributed by atoms with Crippen LogP contribution in [0.3, 0.4) is 0 Å². The fourth-order valence-electron chi connectivity index (χ4n) is 2.45. The van der Waals surface area contributed by atoms with Crippen molar-refractivity contribution < 1.29 is 13.9 Å². The molecule has 0 saturated heterocycles. The lowest BCUT2D eigenvalue weighted by molar-refractivity contribution is 0.0924. The average Bonchev–Trinajstić information content (AvgIpc) is 2.62. The fraction of sp³-hybridized carbons (Fsp3) is 0.200. The van der Waals surface area contributed by atoms with Crippen molar-refractivity contribution >= 4 is 16.9 Å². The lowest BCUT2D eigenvalue weighted by atomic mass is 10.1. The third-order valence-electron chi connectivity index (χ3n) is 3.73. The largest absolute Gasteiger partial charge is 0.494 e. The number of benzene rings is 2. The summed E-state index contributed by atoms with van der Waals surface area (Å²) in [6, 6.07) is 16.0. The van der Waals surface area contributed by atoms with Crippen molar-refractivity contribution in [3.8, 4) is 5.75 Å². The topological polar surface area (TPSA) is 68.5 Å². The second-order valence-corrected chi connectivity index (χ2v) is 5.75. The van der Waals surface area contributed by atoms with Crippen molar-refractivity contribution in [1.82, 2.24) is 5.32 Å². The summed E-state index contributed by atoms with van der Waals surface area (Å²) < 4.78 is 11.1. The van der Waals surface area contributed by atoms with E-state index in [2.05, 4.69) is 5.32 Å². The van der Waals surface area contributed by atoms with Gasteiger partial charge in [0, 0.05) is 12.6 Å². The van der Waals surface area contributed by atoms with Gasteiger partial charge in [-0.2, -0.15) is 0 Å². The van der Waals surface area contributed by atoms with Gasteiger partial charge in [-0.1, -0.05) is 29.8 Å². The highest BCUT2D eigenvalue weighted by molar-refractivity contribution is 5.93. The summed E-state index contributed by atoms with van der Waals surface area (Å²) in [4.78, 5) is 24.3. The van der Waals surface area contributed by atoms with E-state index in [0.717, 1.165) is 11.3 Å². The third-order valence-corrected chi connectivity index (χ3v) is 3.73. The van der Waals surface area contributed by atoms with Crippen molar-refractivity contribution in [2.45, 2.75) is 13.3 Å². The van der Waals surface area contributed by atoms with Crippen LogP contribution in [-0.4, -0.2) is 19.1 Å². The predicted molar refractivity (Wildman–Crippen MR) is 96.1 cm³/mol. The third kappa shape index (κ3) is 4.26. The van der Waals surface area contributed by atoms with E-state index < -0.39 is 5.91 Å². The van der Waals surface area contributed by atoms with Gasteiger partial charge in [-0.15, -0.1) is 0 Å². The summed E-state index contributed by atoms with van der Waals surface area (Å²) >= 11 is 0. The molecule has 2 aromatic carbocycles. The first kappa shape index (κ1) is 16.8. The molecule has 0 atom stereocenters. The van der Waals surface area contributed by atoms with E-state index in [-0.39, 0.29) is 11.2 Å². The Morgan fingerprint density at radius 1 is 1.12 bits per heavy atom. The van der Waals surface area contributed by atoms with Gasteiger partial charge >= 0.3 is 0 Å². The Kier molecular flexibility index (Phi) is 5.14. The Morgan fingerprint density at radius 2 is 1.92 bits per heavy atom. The molecule has 0 saturated carbocycles. The summed E-state index contributed by atoms with van der Waals surface area (Å²) in [5, 5.41) is 3.22. The molecule has 0 bridgehead atoms. The molecule has 0 spiro atoms. The van der Waals surface area contributed by atoms with Gasteiger partial charge in [-0.3, -0.25) is 9.59 Å². The Labute approximate surface area is 145 Å². The van der Waals surface area contributed by atoms with E-state index in [9.17, 15) is 9.59 Å². The maximum absolute atomic E-state index is 12.2. The maximum Gasteiger partial charge on any atom is 0.287 e. The van der Waals surface area contributed by atoms with Gasteiger partial charge in [0.15, 0.2) is 11.2 Å². The smallest absolute Gasteiger partial charge is 0.287 e. The van der Waals surface area contributed by atoms with E-state index in [1.807, 2.05) is 43.3 Å². The number of fused-ring (bicyclic) bond motifs is 1. The first-order chi connectivity index (χ1) is 12.1. The number of ether oxygens (including phenoxy) is 1. The molecule has 1 aromatic heterocycles. The van der Waals surface area contributed by atoms with Gasteiger partial charge in [0.1, 0.15) is 11.3 Å². The molecule has 0 aliphatic carbocycles. The molecule has 1 heterocycles. The number of nitrogens with one attached hydrogen (secondary N) is 1. The van der Waals surface area contributed by atoms with E-state index >= 15 is 0 Å². The molecule has 0 aliphatic rings. The number of rotatable bonds is 6. The summed E-state index contributed by atoms with van der Waals surface area (Å²) in [5.41, 5.74) is 1.16. The Hall–Kier alpha value is -3.08. The summed E-state index contributed by atoms with van der Waals surface area (Å²) in [7, 11) is 0. The highest BCUT2D eigenvalue weighted by Crippen LogP contribution is 2.14. The molecule has 0 radical (unpaired) electrons. The second-order valence-electron chi connectivity index (χ2n) is 5.75. The minimum atomic E-state index is -0.403. The molecular formula is C20H19NO4. The SMILES string of the molecule is Cc1ccc2oc(C(=O)NCCCOc3ccccc3)cc(=O)c2c1. The lowest BCUT2D eigenvalue weighted by Crippen LogP contribution is -2.26. The average molecular weight is 337 g/mol. The summed E-state index contributed by atoms with van der Waals surface area (Å²) in [6.45, 7) is 2.82. The molecule has 1 N–H and O–H groups in total. The zero-order chi connectivity index (χ0) is 17.6. The first-order valence-corrected chi connectivity index (χ1v) is 8.14. The molecule has 0 aliphatic heterocycles. The van der Waals surface area contributed by atoms with Crippen LogP contribution in [0.4, 0.5) is 0 Å². The summed E-state index contributed by atoms with van der Waals surface area (Å²) in [5.74, 6) is 0.411. The summed E-state index contributed by atoms with van der Waals surface area (Å²) in [6.07, 6.45) is 0.650. The minimum absolute atomic E-state index is 0.0188. The van der Waals surface area contributed by atoms with Crippen molar-refractivity contribution in [1.29, 1.82) is 0 Å². The number of amides is 1. The van der Waals surface area contributed by atoms with E-state index in [0.29, 0.717) is 30.5 Å². The number of para-hydroxylation sites is 1. The normalized spacial score (nSPS) is 10.6. The predicted octanol–water partition coefficient (Wildman–Crippen LogP) is 3.30. The molecule has 3 aromatic rings. The van der Waals surface area contributed by atoms with Gasteiger partial charge in [0.05, 0.1) is 12.0 Å². The van der Waals surface area contributed by atoms with Gasteiger partial charge in [0.2, 0.25) is 0 Å². The number of hydrogen-bond donors (Lipinski definition) is 1. The highest BCUT2D eigenvalue weighted by Gasteiger charge is 2.12. The molecule has 1 amide bonds. The highest BCUT2D eigenvalue weighted by atomic mass is 16.5. The number of carbonyl (C=O) groups is 1. The molecule has 3 rings (SSSR count). The van der Waals surface area contributed by atoms with Crippen LogP contribution in [0.25, 0.3) is 11.0 Å². The number of aryl methyl sites for hydroxylation is 1. The van der Waals surface area contributed by atoms with Crippen molar-refractivity contribution in [2.24, 2.45) is 0 Å². The van der Waals surface area contributed by atoms with Crippen LogP contribution >= 0.6 is 0 Å². The van der Waals surface area contributed by atoms with Crippen LogP contribution in [0.15, 0.2) is 63.8 Å². The Bertz CT molecular complexity index is 931. The molecule has 5 heteroatoms. The molecule has 25 heavy (non-hydrogen) atoms. The standard InChI is InChI=1S/C20H19NO4/c1-14-8-9-18-16(12-14)17(22)13-19(25-18)20(23)21-10-5-11-24-15-6-3-2-4-7-15/h2-4,6-9,12-13H,5,10-11H2,1H3,(H,21,23). The van der Waals surface area contributed by atoms with E-state index in [4.69, 9.17) is 9.15 Å². The zero-order valence-electron chi connectivity index (χ0n) is 14.0. The van der Waals surface area contributed by atoms with Crippen molar-refractivity contribution in [3.05, 3.63) is 76.1 Å². The zero-order valence-corrected chi connectivity index (χ0v) is 14.0. The molecule has 0 unspecified atom stereocenters. The van der Waals surface area contributed by atoms with Crippen LogP contribution in [0, 0.1) is 6.92 Å².